The third-order valence-electron chi connectivity index (χ3n) is 1.55. The summed E-state index contributed by atoms with van der Waals surface area (Å²) in [4.78, 5) is 10.3. The van der Waals surface area contributed by atoms with Crippen LogP contribution in [0, 0.1) is 5.92 Å². The number of carboxylic acid groups (broad SMARTS) is 1. The van der Waals surface area contributed by atoms with Crippen LogP contribution in [-0.2, 0) is 9.53 Å². The molecule has 1 aliphatic rings. The molecule has 0 bridgehead atoms. The Bertz CT molecular complexity index is 121. The average molecular weight is 130 g/mol. The molecule has 1 rings (SSSR count). The molecule has 1 saturated heterocycles. The normalized spacial score (nSPS) is 34.8. The quantitative estimate of drug-likeness (QED) is 0.562. The Morgan fingerprint density at radius 2 is 2.44 bits per heavy atom. The molecule has 3 nitrogen and oxygen atoms in total. The van der Waals surface area contributed by atoms with Gasteiger partial charge in [-0.05, 0) is 13.3 Å². The molecule has 1 aliphatic heterocycles. The molecule has 2 atom stereocenters. The van der Waals surface area contributed by atoms with Gasteiger partial charge in [0.2, 0.25) is 0 Å². The van der Waals surface area contributed by atoms with Crippen LogP contribution in [0.3, 0.4) is 0 Å². The first-order valence-corrected chi connectivity index (χ1v) is 3.04. The number of hydrogen-bond acceptors (Lipinski definition) is 2. The zero-order valence-corrected chi connectivity index (χ0v) is 5.33. The lowest BCUT2D eigenvalue weighted by atomic mass is 10.1. The first-order valence-electron chi connectivity index (χ1n) is 3.04. The standard InChI is InChI=1S/C6H10O3/c1-4-2-5(3-9-4)6(7)8/h4-5H,2-3H2,1H3,(H,7,8)/t4-,5-/m0/s1. The topological polar surface area (TPSA) is 46.5 Å². The number of carbonyl (C=O) groups is 1. The minimum absolute atomic E-state index is 0.131. The van der Waals surface area contributed by atoms with Crippen LogP contribution in [-0.4, -0.2) is 23.8 Å². The second kappa shape index (κ2) is 2.35. The van der Waals surface area contributed by atoms with E-state index < -0.39 is 5.97 Å². The van der Waals surface area contributed by atoms with Gasteiger partial charge in [-0.1, -0.05) is 0 Å². The van der Waals surface area contributed by atoms with Gasteiger partial charge in [0.05, 0.1) is 18.6 Å². The van der Waals surface area contributed by atoms with Gasteiger partial charge in [-0.3, -0.25) is 4.79 Å². The van der Waals surface area contributed by atoms with Crippen molar-refractivity contribution in [3.05, 3.63) is 0 Å². The molecule has 0 aromatic carbocycles. The monoisotopic (exact) mass is 130 g/mol. The number of ether oxygens (including phenoxy) is 1. The molecule has 0 aromatic rings. The maximum atomic E-state index is 10.3. The number of hydrogen-bond donors (Lipinski definition) is 1. The molecule has 1 fully saturated rings. The van der Waals surface area contributed by atoms with Gasteiger partial charge < -0.3 is 9.84 Å². The van der Waals surface area contributed by atoms with Crippen molar-refractivity contribution >= 4 is 5.97 Å². The summed E-state index contributed by atoms with van der Waals surface area (Å²) < 4.78 is 5.05. The Balaban J connectivity index is 2.39. The van der Waals surface area contributed by atoms with Crippen LogP contribution < -0.4 is 0 Å². The summed E-state index contributed by atoms with van der Waals surface area (Å²) in [6.07, 6.45) is 0.793. The molecule has 0 spiro atoms. The third-order valence-corrected chi connectivity index (χ3v) is 1.55. The lowest BCUT2D eigenvalue weighted by molar-refractivity contribution is -0.141. The second-order valence-corrected chi connectivity index (χ2v) is 2.41. The molecular formula is C6H10O3. The molecule has 3 heteroatoms. The van der Waals surface area contributed by atoms with Crippen LogP contribution in [0.5, 0.6) is 0 Å². The van der Waals surface area contributed by atoms with Crippen LogP contribution in [0.2, 0.25) is 0 Å². The molecule has 9 heavy (non-hydrogen) atoms. The van der Waals surface area contributed by atoms with Gasteiger partial charge >= 0.3 is 5.97 Å². The van der Waals surface area contributed by atoms with Crippen molar-refractivity contribution < 1.29 is 14.6 Å². The molecule has 0 amide bonds. The van der Waals surface area contributed by atoms with Crippen molar-refractivity contribution in [2.45, 2.75) is 19.4 Å². The molecular weight excluding hydrogens is 120 g/mol. The van der Waals surface area contributed by atoms with E-state index in [1.807, 2.05) is 6.92 Å². The summed E-state index contributed by atoms with van der Waals surface area (Å²) in [5.41, 5.74) is 0. The first-order chi connectivity index (χ1) is 4.20. The maximum absolute atomic E-state index is 10.3. The van der Waals surface area contributed by atoms with Gasteiger partial charge in [-0.15, -0.1) is 0 Å². The summed E-state index contributed by atoms with van der Waals surface area (Å²) >= 11 is 0. The van der Waals surface area contributed by atoms with E-state index in [4.69, 9.17) is 9.84 Å². The lowest BCUT2D eigenvalue weighted by Gasteiger charge is -1.96. The Morgan fingerprint density at radius 3 is 2.67 bits per heavy atom. The third kappa shape index (κ3) is 1.42. The van der Waals surface area contributed by atoms with Crippen LogP contribution in [0.1, 0.15) is 13.3 Å². The van der Waals surface area contributed by atoms with Crippen molar-refractivity contribution in [2.24, 2.45) is 5.92 Å². The minimum Gasteiger partial charge on any atom is -0.481 e. The smallest absolute Gasteiger partial charge is 0.308 e. The highest BCUT2D eigenvalue weighted by atomic mass is 16.5. The van der Waals surface area contributed by atoms with Crippen LogP contribution in [0.4, 0.5) is 0 Å². The predicted octanol–water partition coefficient (Wildman–Crippen LogP) is 0.496. The molecule has 0 unspecified atom stereocenters. The summed E-state index contributed by atoms with van der Waals surface area (Å²) in [6.45, 7) is 2.28. The predicted molar refractivity (Wildman–Crippen MR) is 31.2 cm³/mol. The lowest BCUT2D eigenvalue weighted by Crippen LogP contribution is -2.12. The average Bonchev–Trinajstić information content (AvgIpc) is 2.14. The Morgan fingerprint density at radius 1 is 1.78 bits per heavy atom. The van der Waals surface area contributed by atoms with Gasteiger partial charge in [0, 0.05) is 0 Å². The Hall–Kier alpha value is -0.570. The fourth-order valence-corrected chi connectivity index (χ4v) is 0.989. The van der Waals surface area contributed by atoms with Crippen molar-refractivity contribution in [3.63, 3.8) is 0 Å². The van der Waals surface area contributed by atoms with E-state index in [1.165, 1.54) is 0 Å². The van der Waals surface area contributed by atoms with Gasteiger partial charge in [0.1, 0.15) is 0 Å². The largest absolute Gasteiger partial charge is 0.481 e. The van der Waals surface area contributed by atoms with Gasteiger partial charge in [-0.2, -0.15) is 0 Å². The fourth-order valence-electron chi connectivity index (χ4n) is 0.989. The van der Waals surface area contributed by atoms with Crippen LogP contribution >= 0.6 is 0 Å². The van der Waals surface area contributed by atoms with E-state index >= 15 is 0 Å². The van der Waals surface area contributed by atoms with Crippen LogP contribution in [0.25, 0.3) is 0 Å². The zero-order valence-electron chi connectivity index (χ0n) is 5.33. The summed E-state index contributed by atoms with van der Waals surface area (Å²) in [7, 11) is 0. The van der Waals surface area contributed by atoms with E-state index in [1.54, 1.807) is 0 Å². The van der Waals surface area contributed by atoms with E-state index in [0.29, 0.717) is 13.0 Å². The minimum atomic E-state index is -0.737. The summed E-state index contributed by atoms with van der Waals surface area (Å²) in [5, 5.41) is 8.45. The maximum Gasteiger partial charge on any atom is 0.308 e. The SMILES string of the molecule is C[C@H]1C[C@H](C(=O)O)CO1. The highest BCUT2D eigenvalue weighted by molar-refractivity contribution is 5.70. The van der Waals surface area contributed by atoms with Crippen molar-refractivity contribution in [1.82, 2.24) is 0 Å². The molecule has 0 radical (unpaired) electrons. The molecule has 1 heterocycles. The van der Waals surface area contributed by atoms with Crippen molar-refractivity contribution in [2.75, 3.05) is 6.61 Å². The first kappa shape index (κ1) is 6.55. The van der Waals surface area contributed by atoms with Crippen molar-refractivity contribution in [3.8, 4) is 0 Å². The van der Waals surface area contributed by atoms with E-state index in [-0.39, 0.29) is 12.0 Å². The highest BCUT2D eigenvalue weighted by Gasteiger charge is 2.27. The molecule has 1 N–H and O–H groups in total. The zero-order chi connectivity index (χ0) is 6.85. The fraction of sp³-hybridized carbons (Fsp3) is 0.833. The highest BCUT2D eigenvalue weighted by Crippen LogP contribution is 2.18. The van der Waals surface area contributed by atoms with E-state index in [0.717, 1.165) is 0 Å². The molecule has 0 aliphatic carbocycles. The molecule has 52 valence electrons. The molecule has 0 aromatic heterocycles. The summed E-state index contributed by atoms with van der Waals surface area (Å²) in [5.74, 6) is -1.00. The van der Waals surface area contributed by atoms with Crippen LogP contribution in [0.15, 0.2) is 0 Å². The number of carboxylic acids is 1. The van der Waals surface area contributed by atoms with Gasteiger partial charge in [0.25, 0.3) is 0 Å². The van der Waals surface area contributed by atoms with E-state index in [9.17, 15) is 4.79 Å². The van der Waals surface area contributed by atoms with Gasteiger partial charge in [0.15, 0.2) is 0 Å². The number of rotatable bonds is 1. The Labute approximate surface area is 53.6 Å². The van der Waals surface area contributed by atoms with Crippen molar-refractivity contribution in [1.29, 1.82) is 0 Å². The van der Waals surface area contributed by atoms with E-state index in [2.05, 4.69) is 0 Å². The second-order valence-electron chi connectivity index (χ2n) is 2.41. The molecule has 0 saturated carbocycles. The Kier molecular flexibility index (Phi) is 1.71. The van der Waals surface area contributed by atoms with Gasteiger partial charge in [-0.25, -0.2) is 0 Å². The number of aliphatic carboxylic acids is 1. The summed E-state index contributed by atoms with van der Waals surface area (Å²) in [6, 6.07) is 0.